The number of hydrogen-bond acceptors (Lipinski definition) is 5. The quantitative estimate of drug-likeness (QED) is 0.221. The third kappa shape index (κ3) is 7.77. The van der Waals surface area contributed by atoms with Crippen LogP contribution in [0.25, 0.3) is 0 Å². The smallest absolute Gasteiger partial charge is 0.193 e. The van der Waals surface area contributed by atoms with Crippen molar-refractivity contribution < 1.29 is 23.7 Å². The Labute approximate surface area is 171 Å². The van der Waals surface area contributed by atoms with Crippen molar-refractivity contribution in [2.45, 2.75) is 63.6 Å². The van der Waals surface area contributed by atoms with Crippen LogP contribution in [-0.2, 0) is 18.6 Å². The molecule has 3 atom stereocenters. The minimum Gasteiger partial charge on any atom is -0.407 e. The SMILES string of the molecule is C=CC[C@@H](O)[C@H](OCOCCOC)[C@H](O[Si](C)(C)C(C)(C)C)c1ccccc1. The summed E-state index contributed by atoms with van der Waals surface area (Å²) in [4.78, 5) is 0. The molecule has 0 radical (unpaired) electrons. The number of aliphatic hydroxyl groups is 1. The molecule has 0 saturated carbocycles. The molecule has 0 aliphatic heterocycles. The van der Waals surface area contributed by atoms with Crippen molar-refractivity contribution >= 4 is 8.32 Å². The Morgan fingerprint density at radius 1 is 1.14 bits per heavy atom. The van der Waals surface area contributed by atoms with E-state index in [1.807, 2.05) is 30.3 Å². The molecule has 28 heavy (non-hydrogen) atoms. The van der Waals surface area contributed by atoms with Crippen LogP contribution < -0.4 is 0 Å². The van der Waals surface area contributed by atoms with Gasteiger partial charge in [-0.05, 0) is 30.1 Å². The highest BCUT2D eigenvalue weighted by Gasteiger charge is 2.42. The Kier molecular flexibility index (Phi) is 10.6. The predicted octanol–water partition coefficient (Wildman–Crippen LogP) is 4.69. The topological polar surface area (TPSA) is 57.2 Å². The van der Waals surface area contributed by atoms with Crippen molar-refractivity contribution in [3.8, 4) is 0 Å². The molecule has 0 bridgehead atoms. The van der Waals surface area contributed by atoms with Crippen LogP contribution in [0.3, 0.4) is 0 Å². The lowest BCUT2D eigenvalue weighted by atomic mass is 9.98. The standard InChI is InChI=1S/C22H38O5Si/c1-8-12-19(23)21(26-17-25-16-15-24-5)20(18-13-10-9-11-14-18)27-28(6,7)22(2,3)4/h8-11,13-14,19-21,23H,1,12,15-17H2,2-7H3/t19-,20-,21+/m1/s1. The molecule has 0 spiro atoms. The van der Waals surface area contributed by atoms with Gasteiger partial charge in [0.15, 0.2) is 8.32 Å². The molecule has 160 valence electrons. The fourth-order valence-corrected chi connectivity index (χ4v) is 3.75. The first-order chi connectivity index (χ1) is 13.1. The molecule has 0 saturated heterocycles. The number of aliphatic hydroxyl groups excluding tert-OH is 1. The molecule has 0 aromatic heterocycles. The summed E-state index contributed by atoms with van der Waals surface area (Å²) in [5, 5.41) is 10.8. The van der Waals surface area contributed by atoms with E-state index in [1.54, 1.807) is 13.2 Å². The van der Waals surface area contributed by atoms with Gasteiger partial charge in [-0.15, -0.1) is 6.58 Å². The number of rotatable bonds is 13. The second kappa shape index (κ2) is 11.9. The number of benzene rings is 1. The monoisotopic (exact) mass is 410 g/mol. The molecule has 5 nitrogen and oxygen atoms in total. The van der Waals surface area contributed by atoms with Crippen molar-refractivity contribution in [1.82, 2.24) is 0 Å². The largest absolute Gasteiger partial charge is 0.407 e. The molecule has 1 rings (SSSR count). The van der Waals surface area contributed by atoms with E-state index in [-0.39, 0.29) is 11.8 Å². The summed E-state index contributed by atoms with van der Waals surface area (Å²) < 4.78 is 23.2. The highest BCUT2D eigenvalue weighted by molar-refractivity contribution is 6.74. The zero-order chi connectivity index (χ0) is 21.2. The third-order valence-electron chi connectivity index (χ3n) is 5.22. The average Bonchev–Trinajstić information content (AvgIpc) is 2.63. The van der Waals surface area contributed by atoms with Gasteiger partial charge in [0.1, 0.15) is 12.9 Å². The summed E-state index contributed by atoms with van der Waals surface area (Å²) in [6.45, 7) is 15.7. The van der Waals surface area contributed by atoms with Gasteiger partial charge < -0.3 is 23.7 Å². The van der Waals surface area contributed by atoms with E-state index in [2.05, 4.69) is 40.4 Å². The fraction of sp³-hybridized carbons (Fsp3) is 0.636. The third-order valence-corrected chi connectivity index (χ3v) is 9.67. The van der Waals surface area contributed by atoms with E-state index in [0.29, 0.717) is 19.6 Å². The fourth-order valence-electron chi connectivity index (χ4n) is 2.49. The maximum Gasteiger partial charge on any atom is 0.193 e. The molecule has 1 aromatic rings. The Morgan fingerprint density at radius 2 is 1.79 bits per heavy atom. The average molecular weight is 411 g/mol. The second-order valence-electron chi connectivity index (χ2n) is 8.45. The Morgan fingerprint density at radius 3 is 2.32 bits per heavy atom. The Bertz CT molecular complexity index is 556. The lowest BCUT2D eigenvalue weighted by Crippen LogP contribution is -2.47. The van der Waals surface area contributed by atoms with Crippen LogP contribution in [0.5, 0.6) is 0 Å². The van der Waals surface area contributed by atoms with Crippen molar-refractivity contribution in [2.75, 3.05) is 27.1 Å². The van der Waals surface area contributed by atoms with Gasteiger partial charge in [0.2, 0.25) is 0 Å². The lowest BCUT2D eigenvalue weighted by Gasteiger charge is -2.42. The van der Waals surface area contributed by atoms with E-state index >= 15 is 0 Å². The van der Waals surface area contributed by atoms with Gasteiger partial charge in [-0.1, -0.05) is 57.2 Å². The molecule has 0 fully saturated rings. The summed E-state index contributed by atoms with van der Waals surface area (Å²) in [5.41, 5.74) is 0.984. The normalized spacial score (nSPS) is 15.8. The van der Waals surface area contributed by atoms with Crippen LogP contribution in [0.15, 0.2) is 43.0 Å². The van der Waals surface area contributed by atoms with Crippen LogP contribution >= 0.6 is 0 Å². The highest BCUT2D eigenvalue weighted by Crippen LogP contribution is 2.41. The van der Waals surface area contributed by atoms with Crippen LogP contribution in [0, 0.1) is 0 Å². The zero-order valence-corrected chi connectivity index (χ0v) is 19.3. The lowest BCUT2D eigenvalue weighted by molar-refractivity contribution is -0.160. The van der Waals surface area contributed by atoms with E-state index in [1.165, 1.54) is 0 Å². The maximum absolute atomic E-state index is 10.8. The Hall–Kier alpha value is -1.02. The van der Waals surface area contributed by atoms with E-state index in [4.69, 9.17) is 18.6 Å². The summed E-state index contributed by atoms with van der Waals surface area (Å²) in [6.07, 6.45) is 0.382. The van der Waals surface area contributed by atoms with Crippen LogP contribution in [0.4, 0.5) is 0 Å². The number of methoxy groups -OCH3 is 1. The first kappa shape index (κ1) is 25.0. The first-order valence-electron chi connectivity index (χ1n) is 9.84. The van der Waals surface area contributed by atoms with Crippen molar-refractivity contribution in [3.05, 3.63) is 48.6 Å². The summed E-state index contributed by atoms with van der Waals surface area (Å²) in [5.74, 6) is 0. The minimum atomic E-state index is -2.12. The number of hydrogen-bond donors (Lipinski definition) is 1. The molecule has 0 aliphatic rings. The summed E-state index contributed by atoms with van der Waals surface area (Å²) in [6, 6.07) is 9.95. The molecule has 6 heteroatoms. The van der Waals surface area contributed by atoms with Gasteiger partial charge in [-0.2, -0.15) is 0 Å². The number of ether oxygens (including phenoxy) is 3. The molecule has 0 unspecified atom stereocenters. The van der Waals surface area contributed by atoms with Crippen LogP contribution in [0.2, 0.25) is 18.1 Å². The summed E-state index contributed by atoms with van der Waals surface area (Å²) in [7, 11) is -0.496. The van der Waals surface area contributed by atoms with Gasteiger partial charge in [-0.25, -0.2) is 0 Å². The molecular formula is C22H38O5Si. The van der Waals surface area contributed by atoms with Gasteiger partial charge in [-0.3, -0.25) is 0 Å². The molecule has 1 aromatic carbocycles. The van der Waals surface area contributed by atoms with Crippen LogP contribution in [-0.4, -0.2) is 52.7 Å². The Balaban J connectivity index is 3.12. The van der Waals surface area contributed by atoms with Crippen molar-refractivity contribution in [1.29, 1.82) is 0 Å². The molecular weight excluding hydrogens is 372 g/mol. The van der Waals surface area contributed by atoms with E-state index < -0.39 is 26.6 Å². The van der Waals surface area contributed by atoms with E-state index in [0.717, 1.165) is 5.56 Å². The first-order valence-corrected chi connectivity index (χ1v) is 12.7. The van der Waals surface area contributed by atoms with E-state index in [9.17, 15) is 5.11 Å². The molecule has 1 N–H and O–H groups in total. The van der Waals surface area contributed by atoms with Crippen LogP contribution in [0.1, 0.15) is 38.9 Å². The second-order valence-corrected chi connectivity index (χ2v) is 13.2. The zero-order valence-electron chi connectivity index (χ0n) is 18.3. The van der Waals surface area contributed by atoms with Gasteiger partial charge in [0.05, 0.1) is 25.4 Å². The minimum absolute atomic E-state index is 0.0307. The van der Waals surface area contributed by atoms with Gasteiger partial charge in [0.25, 0.3) is 0 Å². The molecule has 0 heterocycles. The van der Waals surface area contributed by atoms with Crippen molar-refractivity contribution in [2.24, 2.45) is 0 Å². The van der Waals surface area contributed by atoms with Crippen molar-refractivity contribution in [3.63, 3.8) is 0 Å². The summed E-state index contributed by atoms with van der Waals surface area (Å²) >= 11 is 0. The van der Waals surface area contributed by atoms with Gasteiger partial charge >= 0.3 is 0 Å². The molecule has 0 aliphatic carbocycles. The predicted molar refractivity (Wildman–Crippen MR) is 116 cm³/mol. The highest BCUT2D eigenvalue weighted by atomic mass is 28.4. The maximum atomic E-state index is 10.8. The molecule has 0 amide bonds. The van der Waals surface area contributed by atoms with Gasteiger partial charge in [0, 0.05) is 7.11 Å².